The third kappa shape index (κ3) is 2.56. The van der Waals surface area contributed by atoms with Crippen molar-refractivity contribution in [3.05, 3.63) is 0 Å². The summed E-state index contributed by atoms with van der Waals surface area (Å²) in [6.45, 7) is -0.726. The average Bonchev–Trinajstić information content (AvgIpc) is 2.30. The monoisotopic (exact) mass is 289 g/mol. The molecule has 1 rings (SSSR count). The van der Waals surface area contributed by atoms with E-state index in [-0.39, 0.29) is 0 Å². The zero-order chi connectivity index (χ0) is 13.4. The Morgan fingerprint density at radius 2 is 1.94 bits per heavy atom. The summed E-state index contributed by atoms with van der Waals surface area (Å²) >= 11 is 10.6. The van der Waals surface area contributed by atoms with E-state index in [4.69, 9.17) is 38.8 Å². The van der Waals surface area contributed by atoms with Crippen LogP contribution in [0.2, 0.25) is 0 Å². The van der Waals surface area contributed by atoms with Crippen molar-refractivity contribution in [3.63, 3.8) is 0 Å². The van der Waals surface area contributed by atoms with Crippen LogP contribution in [0.5, 0.6) is 0 Å². The Labute approximate surface area is 107 Å². The molecule has 1 aliphatic heterocycles. The Kier molecular flexibility index (Phi) is 4.73. The van der Waals surface area contributed by atoms with Gasteiger partial charge in [-0.25, -0.2) is 0 Å². The number of halogens is 2. The fourth-order valence-electron chi connectivity index (χ4n) is 1.57. The van der Waals surface area contributed by atoms with Crippen LogP contribution in [0, 0.1) is 0 Å². The van der Waals surface area contributed by atoms with Gasteiger partial charge in [-0.05, 0) is 0 Å². The maximum absolute atomic E-state index is 11.6. The normalized spacial score (nSPS) is 42.8. The van der Waals surface area contributed by atoms with Crippen molar-refractivity contribution in [3.8, 4) is 0 Å². The first kappa shape index (κ1) is 15.1. The smallest absolute Gasteiger partial charge is 0.248 e. The number of ketones is 1. The van der Waals surface area contributed by atoms with Crippen LogP contribution in [-0.4, -0.2) is 67.8 Å². The van der Waals surface area contributed by atoms with Crippen LogP contribution in [0.3, 0.4) is 0 Å². The lowest BCUT2D eigenvalue weighted by Crippen LogP contribution is -2.71. The quantitative estimate of drug-likeness (QED) is 0.362. The third-order valence-corrected chi connectivity index (χ3v) is 3.01. The fourth-order valence-corrected chi connectivity index (χ4v) is 1.88. The molecule has 1 unspecified atom stereocenters. The van der Waals surface area contributed by atoms with E-state index in [2.05, 4.69) is 0 Å². The molecule has 1 saturated heterocycles. The minimum absolute atomic E-state index is 0.726. The van der Waals surface area contributed by atoms with E-state index in [1.165, 1.54) is 0 Å². The fraction of sp³-hybridized carbons (Fsp3) is 0.875. The Hall–Kier alpha value is 0.01000. The summed E-state index contributed by atoms with van der Waals surface area (Å²) in [6, 6.07) is -1.63. The molecule has 0 aromatic rings. The van der Waals surface area contributed by atoms with Crippen LogP contribution in [0.4, 0.5) is 0 Å². The molecule has 0 aliphatic carbocycles. The molecule has 0 bridgehead atoms. The lowest BCUT2D eigenvalue weighted by molar-refractivity contribution is -0.296. The van der Waals surface area contributed by atoms with E-state index in [9.17, 15) is 20.1 Å². The van der Waals surface area contributed by atoms with Crippen LogP contribution in [0.1, 0.15) is 0 Å². The van der Waals surface area contributed by atoms with Gasteiger partial charge >= 0.3 is 0 Å². The summed E-state index contributed by atoms with van der Waals surface area (Å²) in [7, 11) is 0. The number of carbonyl (C=O) groups excluding carboxylic acids is 1. The summed E-state index contributed by atoms with van der Waals surface area (Å²) < 4.78 is 4.79. The molecular weight excluding hydrogens is 277 g/mol. The van der Waals surface area contributed by atoms with Crippen LogP contribution >= 0.6 is 23.2 Å². The Morgan fingerprint density at radius 3 is 2.35 bits per heavy atom. The molecule has 0 aromatic heterocycles. The van der Waals surface area contributed by atoms with Gasteiger partial charge in [0.1, 0.15) is 18.3 Å². The van der Waals surface area contributed by atoms with Crippen LogP contribution in [0.15, 0.2) is 0 Å². The van der Waals surface area contributed by atoms with Crippen LogP contribution < -0.4 is 5.73 Å². The first-order valence-electron chi connectivity index (χ1n) is 4.71. The number of ether oxygens (including phenoxy) is 1. The predicted octanol–water partition coefficient (Wildman–Crippen LogP) is -2.51. The van der Waals surface area contributed by atoms with Gasteiger partial charge < -0.3 is 30.9 Å². The van der Waals surface area contributed by atoms with Gasteiger partial charge in [0.2, 0.25) is 11.6 Å². The minimum atomic E-state index is -2.65. The molecule has 0 saturated carbocycles. The highest BCUT2D eigenvalue weighted by molar-refractivity contribution is 6.54. The van der Waals surface area contributed by atoms with Crippen molar-refractivity contribution in [2.75, 3.05) is 6.61 Å². The van der Waals surface area contributed by atoms with Crippen molar-refractivity contribution >= 4 is 29.0 Å². The standard InChI is InChI=1S/C8H13Cl2NO6/c9-7(10)6(15)8(16)5(11)4(14)3(13)2(1-12)17-8/h2-5,7,12-14,16H,1,11H2/t2-,3-,4+,5-,8?/m1/s1. The van der Waals surface area contributed by atoms with E-state index in [0.29, 0.717) is 0 Å². The first-order valence-corrected chi connectivity index (χ1v) is 5.58. The van der Waals surface area contributed by atoms with Gasteiger partial charge in [-0.15, -0.1) is 0 Å². The number of hydrogen-bond donors (Lipinski definition) is 5. The average molecular weight is 290 g/mol. The number of hydrogen-bond acceptors (Lipinski definition) is 7. The largest absolute Gasteiger partial charge is 0.394 e. The van der Waals surface area contributed by atoms with E-state index in [0.717, 1.165) is 0 Å². The summed E-state index contributed by atoms with van der Waals surface area (Å²) in [4.78, 5) is 9.93. The maximum atomic E-state index is 11.6. The summed E-state index contributed by atoms with van der Waals surface area (Å²) in [5, 5.41) is 37.8. The zero-order valence-corrected chi connectivity index (χ0v) is 10.0. The molecule has 0 radical (unpaired) electrons. The molecule has 100 valence electrons. The number of Topliss-reactive ketones (excluding diaryl/α,β-unsaturated/α-hetero) is 1. The van der Waals surface area contributed by atoms with Gasteiger partial charge in [-0.2, -0.15) is 0 Å². The van der Waals surface area contributed by atoms with Crippen molar-refractivity contribution < 1.29 is 30.0 Å². The van der Waals surface area contributed by atoms with Crippen molar-refractivity contribution in [2.24, 2.45) is 5.73 Å². The van der Waals surface area contributed by atoms with Crippen LogP contribution in [-0.2, 0) is 9.53 Å². The molecule has 0 amide bonds. The molecule has 6 N–H and O–H groups in total. The van der Waals surface area contributed by atoms with Gasteiger partial charge in [0.05, 0.1) is 12.6 Å². The molecule has 1 heterocycles. The number of aliphatic hydroxyl groups excluding tert-OH is 3. The topological polar surface area (TPSA) is 133 Å². The molecule has 0 spiro atoms. The van der Waals surface area contributed by atoms with E-state index < -0.39 is 47.4 Å². The molecule has 1 fully saturated rings. The molecular formula is C8H13Cl2NO6. The van der Waals surface area contributed by atoms with Crippen molar-refractivity contribution in [1.82, 2.24) is 0 Å². The van der Waals surface area contributed by atoms with Gasteiger partial charge in [-0.3, -0.25) is 4.79 Å². The number of carbonyl (C=O) groups is 1. The van der Waals surface area contributed by atoms with Gasteiger partial charge in [0, 0.05) is 0 Å². The number of nitrogens with two attached hydrogens (primary N) is 1. The second-order valence-electron chi connectivity index (χ2n) is 3.71. The third-order valence-electron chi connectivity index (χ3n) is 2.61. The van der Waals surface area contributed by atoms with Crippen molar-refractivity contribution in [1.29, 1.82) is 0 Å². The lowest BCUT2D eigenvalue weighted by Gasteiger charge is -2.45. The lowest BCUT2D eigenvalue weighted by atomic mass is 9.89. The highest BCUT2D eigenvalue weighted by Gasteiger charge is 2.56. The van der Waals surface area contributed by atoms with E-state index in [1.807, 2.05) is 0 Å². The van der Waals surface area contributed by atoms with Gasteiger partial charge in [0.15, 0.2) is 4.84 Å². The summed E-state index contributed by atoms with van der Waals surface area (Å²) in [5.41, 5.74) is 5.40. The Bertz CT molecular complexity index is 302. The number of aliphatic hydroxyl groups is 4. The molecule has 5 atom stereocenters. The van der Waals surface area contributed by atoms with E-state index >= 15 is 0 Å². The zero-order valence-electron chi connectivity index (χ0n) is 8.53. The van der Waals surface area contributed by atoms with Gasteiger partial charge in [-0.1, -0.05) is 23.2 Å². The SMILES string of the molecule is N[C@@H]1[C@@H](O)[C@H](O)[C@@H](CO)OC1(O)C(=O)C(Cl)Cl. The number of rotatable bonds is 3. The molecule has 7 nitrogen and oxygen atoms in total. The molecule has 17 heavy (non-hydrogen) atoms. The van der Waals surface area contributed by atoms with Crippen molar-refractivity contribution in [2.45, 2.75) is 35.0 Å². The Morgan fingerprint density at radius 1 is 1.41 bits per heavy atom. The summed E-state index contributed by atoms with van der Waals surface area (Å²) in [5.74, 6) is -3.82. The summed E-state index contributed by atoms with van der Waals surface area (Å²) in [6.07, 6.45) is -4.57. The van der Waals surface area contributed by atoms with Crippen LogP contribution in [0.25, 0.3) is 0 Å². The second-order valence-corrected chi connectivity index (χ2v) is 4.80. The second kappa shape index (κ2) is 5.33. The predicted molar refractivity (Wildman–Crippen MR) is 57.4 cm³/mol. The highest BCUT2D eigenvalue weighted by atomic mass is 35.5. The highest BCUT2D eigenvalue weighted by Crippen LogP contribution is 2.30. The molecule has 9 heteroatoms. The number of alkyl halides is 2. The Balaban J connectivity index is 3.03. The molecule has 0 aromatic carbocycles. The van der Waals surface area contributed by atoms with Gasteiger partial charge in [0.25, 0.3) is 0 Å². The maximum Gasteiger partial charge on any atom is 0.248 e. The van der Waals surface area contributed by atoms with E-state index in [1.54, 1.807) is 0 Å². The minimum Gasteiger partial charge on any atom is -0.394 e. The molecule has 1 aliphatic rings. The first-order chi connectivity index (χ1) is 7.75.